The van der Waals surface area contributed by atoms with Crippen LogP contribution in [0, 0.1) is 28.6 Å². The van der Waals surface area contributed by atoms with Gasteiger partial charge in [-0.05, 0) is 24.3 Å². The summed E-state index contributed by atoms with van der Waals surface area (Å²) in [6, 6.07) is 20.1. The maximum Gasteiger partial charge on any atom is 0.263 e. The minimum Gasteiger partial charge on any atom is -0.338 e. The number of nitrogens with zero attached hydrogens (tertiary/aromatic N) is 4. The predicted octanol–water partition coefficient (Wildman–Crippen LogP) is 4.74. The zero-order chi connectivity index (χ0) is 22.4. The van der Waals surface area contributed by atoms with Crippen molar-refractivity contribution in [3.05, 3.63) is 81.4 Å². The van der Waals surface area contributed by atoms with Crippen molar-refractivity contribution >= 4 is 50.9 Å². The molecule has 5 nitrogen and oxygen atoms in total. The van der Waals surface area contributed by atoms with E-state index in [-0.39, 0.29) is 5.78 Å². The summed E-state index contributed by atoms with van der Waals surface area (Å²) >= 11 is 3.15. The molecule has 0 atom stereocenters. The summed E-state index contributed by atoms with van der Waals surface area (Å²) in [6.45, 7) is 0. The first kappa shape index (κ1) is 20.3. The number of anilines is 1. The van der Waals surface area contributed by atoms with Crippen LogP contribution >= 0.6 is 23.1 Å². The highest BCUT2D eigenvalue weighted by Crippen LogP contribution is 2.47. The molecule has 1 aromatic heterocycles. The Morgan fingerprint density at radius 2 is 1.78 bits per heavy atom. The molecule has 1 aliphatic carbocycles. The first-order valence-electron chi connectivity index (χ1n) is 9.93. The molecule has 154 valence electrons. The van der Waals surface area contributed by atoms with Gasteiger partial charge in [0, 0.05) is 40.8 Å². The second-order valence-corrected chi connectivity index (χ2v) is 9.61. The fourth-order valence-electron chi connectivity index (χ4n) is 3.97. The number of aromatic nitrogens is 1. The Hall–Kier alpha value is -3.65. The van der Waals surface area contributed by atoms with E-state index in [0.29, 0.717) is 16.7 Å². The molecule has 32 heavy (non-hydrogen) atoms. The summed E-state index contributed by atoms with van der Waals surface area (Å²) < 4.78 is 3.14. The van der Waals surface area contributed by atoms with Crippen LogP contribution in [-0.4, -0.2) is 12.8 Å². The number of hydrogen-bond donors (Lipinski definition) is 0. The second kappa shape index (κ2) is 7.80. The number of thioether (sulfide) groups is 1. The number of carbonyl (C=O) groups is 1. The molecule has 0 N–H and O–H groups in total. The molecule has 7 heteroatoms. The number of Topliss-reactive ketones (excluding diaryl/α,β-unsaturated/α-hetero) is 1. The molecular formula is C25H17N4OS2+. The third kappa shape index (κ3) is 3.06. The van der Waals surface area contributed by atoms with Crippen LogP contribution in [0.15, 0.2) is 81.3 Å². The van der Waals surface area contributed by atoms with Gasteiger partial charge in [0.25, 0.3) is 5.01 Å². The maximum atomic E-state index is 13.2. The molecule has 0 fully saturated rings. The standard InChI is InChI=1S/C25H17N4OS2/c1-28-18-7-3-5-9-20(18)31-22(28)11-16-24(15(13-26)14-27)17(25(16)30)12-23-29(2)19-8-4-6-10-21(19)32-23/h3-12,15H,1-2H3/q+1. The monoisotopic (exact) mass is 453 g/mol. The van der Waals surface area contributed by atoms with Crippen LogP contribution in [0.2, 0.25) is 0 Å². The van der Waals surface area contributed by atoms with Gasteiger partial charge >= 0.3 is 0 Å². The van der Waals surface area contributed by atoms with E-state index in [9.17, 15) is 15.3 Å². The first-order valence-corrected chi connectivity index (χ1v) is 11.6. The van der Waals surface area contributed by atoms with Gasteiger partial charge in [-0.2, -0.15) is 15.1 Å². The molecule has 2 heterocycles. The number of rotatable bonds is 3. The molecule has 0 spiro atoms. The Morgan fingerprint density at radius 1 is 1.06 bits per heavy atom. The van der Waals surface area contributed by atoms with Gasteiger partial charge in [0.2, 0.25) is 5.52 Å². The number of nitriles is 2. The lowest BCUT2D eigenvalue weighted by molar-refractivity contribution is -0.642. The number of hydrogen-bond acceptors (Lipinski definition) is 6. The van der Waals surface area contributed by atoms with Crippen LogP contribution in [0.4, 0.5) is 5.69 Å². The van der Waals surface area contributed by atoms with Crippen molar-refractivity contribution in [2.24, 2.45) is 13.0 Å². The molecule has 0 amide bonds. The van der Waals surface area contributed by atoms with Crippen molar-refractivity contribution in [1.82, 2.24) is 0 Å². The molecule has 2 aromatic carbocycles. The lowest BCUT2D eigenvalue weighted by Crippen LogP contribution is -2.31. The van der Waals surface area contributed by atoms with E-state index in [1.807, 2.05) is 96.4 Å². The number of thiazole rings is 1. The zero-order valence-corrected chi connectivity index (χ0v) is 19.0. The average molecular weight is 454 g/mol. The summed E-state index contributed by atoms with van der Waals surface area (Å²) in [6.07, 6.45) is 3.62. The molecule has 0 unspecified atom stereocenters. The molecule has 0 saturated carbocycles. The van der Waals surface area contributed by atoms with E-state index < -0.39 is 5.92 Å². The minimum absolute atomic E-state index is 0.134. The van der Waals surface area contributed by atoms with Gasteiger partial charge in [0.05, 0.1) is 22.9 Å². The quantitative estimate of drug-likeness (QED) is 0.423. The highest BCUT2D eigenvalue weighted by molar-refractivity contribution is 8.03. The van der Waals surface area contributed by atoms with Crippen LogP contribution in [0.5, 0.6) is 0 Å². The zero-order valence-electron chi connectivity index (χ0n) is 17.4. The molecule has 0 radical (unpaired) electrons. The second-order valence-electron chi connectivity index (χ2n) is 7.48. The van der Waals surface area contributed by atoms with Crippen LogP contribution in [-0.2, 0) is 11.8 Å². The summed E-state index contributed by atoms with van der Waals surface area (Å²) in [7, 11) is 3.90. The Balaban J connectivity index is 1.61. The Bertz CT molecular complexity index is 1470. The summed E-state index contributed by atoms with van der Waals surface area (Å²) in [5.74, 6) is -1.13. The van der Waals surface area contributed by atoms with E-state index in [2.05, 4.69) is 0 Å². The molecule has 1 aliphatic heterocycles. The average Bonchev–Trinajstić information content (AvgIpc) is 3.31. The summed E-state index contributed by atoms with van der Waals surface area (Å²) in [5.41, 5.74) is 3.53. The van der Waals surface area contributed by atoms with Crippen LogP contribution in [0.25, 0.3) is 16.3 Å². The number of benzene rings is 2. The summed E-state index contributed by atoms with van der Waals surface area (Å²) in [4.78, 5) is 16.3. The smallest absolute Gasteiger partial charge is 0.263 e. The van der Waals surface area contributed by atoms with Crippen LogP contribution < -0.4 is 9.47 Å². The van der Waals surface area contributed by atoms with Gasteiger partial charge in [0.15, 0.2) is 11.7 Å². The largest absolute Gasteiger partial charge is 0.338 e. The molecule has 0 bridgehead atoms. The highest BCUT2D eigenvalue weighted by atomic mass is 32.2. The normalized spacial score (nSPS) is 17.8. The van der Waals surface area contributed by atoms with Gasteiger partial charge < -0.3 is 4.90 Å². The summed E-state index contributed by atoms with van der Waals surface area (Å²) in [5, 5.41) is 21.0. The number of aryl methyl sites for hydroxylation is 1. The van der Waals surface area contributed by atoms with Crippen molar-refractivity contribution in [1.29, 1.82) is 10.5 Å². The van der Waals surface area contributed by atoms with Gasteiger partial charge in [-0.3, -0.25) is 4.79 Å². The number of para-hydroxylation sites is 2. The number of ketones is 1. The fraction of sp³-hybridized carbons (Fsp3) is 0.120. The Kier molecular flexibility index (Phi) is 4.94. The van der Waals surface area contributed by atoms with Crippen molar-refractivity contribution in [2.75, 3.05) is 11.9 Å². The highest BCUT2D eigenvalue weighted by Gasteiger charge is 2.39. The number of fused-ring (bicyclic) bond motifs is 2. The minimum atomic E-state index is -0.996. The third-order valence-corrected chi connectivity index (χ3v) is 8.03. The number of allylic oxidation sites excluding steroid dienone is 4. The van der Waals surface area contributed by atoms with Crippen LogP contribution in [0.1, 0.15) is 5.01 Å². The number of carbonyl (C=O) groups excluding carboxylic acids is 1. The maximum absolute atomic E-state index is 13.2. The van der Waals surface area contributed by atoms with Gasteiger partial charge in [-0.1, -0.05) is 47.4 Å². The SMILES string of the molecule is CN1/C(=C/C2=C(C(C#N)C#N)C(=C/c3sc4ccccc4[n+]3C)/C2=O)Sc2ccccc21. The van der Waals surface area contributed by atoms with Crippen LogP contribution in [0.3, 0.4) is 0 Å². The van der Waals surface area contributed by atoms with Crippen molar-refractivity contribution < 1.29 is 9.36 Å². The van der Waals surface area contributed by atoms with E-state index in [1.165, 1.54) is 0 Å². The van der Waals surface area contributed by atoms with Crippen molar-refractivity contribution in [3.63, 3.8) is 0 Å². The fourth-order valence-corrected chi connectivity index (χ4v) is 6.16. The first-order chi connectivity index (χ1) is 15.5. The molecule has 2 aliphatic rings. The van der Waals surface area contributed by atoms with E-state index in [4.69, 9.17) is 0 Å². The van der Waals surface area contributed by atoms with E-state index in [1.54, 1.807) is 23.1 Å². The van der Waals surface area contributed by atoms with Gasteiger partial charge in [-0.25, -0.2) is 0 Å². The lowest BCUT2D eigenvalue weighted by Gasteiger charge is -2.25. The predicted molar refractivity (Wildman–Crippen MR) is 127 cm³/mol. The van der Waals surface area contributed by atoms with Crippen molar-refractivity contribution in [2.45, 2.75) is 4.90 Å². The van der Waals surface area contributed by atoms with Gasteiger partial charge in [0.1, 0.15) is 11.7 Å². The molecule has 5 rings (SSSR count). The topological polar surface area (TPSA) is 71.8 Å². The van der Waals surface area contributed by atoms with Gasteiger partial charge in [-0.15, -0.1) is 0 Å². The lowest BCUT2D eigenvalue weighted by atomic mass is 9.75. The van der Waals surface area contributed by atoms with E-state index >= 15 is 0 Å². The molecule has 0 saturated heterocycles. The third-order valence-electron chi connectivity index (χ3n) is 5.70. The molecular weight excluding hydrogens is 436 g/mol. The van der Waals surface area contributed by atoms with Crippen molar-refractivity contribution in [3.8, 4) is 12.1 Å². The molecule has 3 aromatic rings. The Morgan fingerprint density at radius 3 is 2.50 bits per heavy atom. The van der Waals surface area contributed by atoms with E-state index in [0.717, 1.165) is 30.8 Å². The Labute approximate surface area is 193 Å².